The Morgan fingerprint density at radius 1 is 1.29 bits per heavy atom. The average Bonchev–Trinajstić information content (AvgIpc) is 2.86. The molecule has 1 heterocycles. The minimum Gasteiger partial charge on any atom is -0.476 e. The van der Waals surface area contributed by atoms with Crippen LogP contribution in [-0.2, 0) is 4.74 Å². The second kappa shape index (κ2) is 5.40. The van der Waals surface area contributed by atoms with Crippen LogP contribution in [0.4, 0.5) is 0 Å². The van der Waals surface area contributed by atoms with Gasteiger partial charge >= 0.3 is 11.9 Å². The SMILES string of the molecule is CC(C)(C)OC(=O)c1cccc(-c2ocnc2C(=O)O)c1. The van der Waals surface area contributed by atoms with Crippen molar-refractivity contribution in [3.63, 3.8) is 0 Å². The molecule has 6 heteroatoms. The Morgan fingerprint density at radius 2 is 2.00 bits per heavy atom. The maximum Gasteiger partial charge on any atom is 0.358 e. The number of hydrogen-bond donors (Lipinski definition) is 1. The van der Waals surface area contributed by atoms with E-state index >= 15 is 0 Å². The fourth-order valence-electron chi connectivity index (χ4n) is 1.73. The molecule has 2 rings (SSSR count). The first-order chi connectivity index (χ1) is 9.78. The number of nitrogens with zero attached hydrogens (tertiary/aromatic N) is 1. The van der Waals surface area contributed by atoms with Crippen molar-refractivity contribution in [3.8, 4) is 11.3 Å². The molecule has 0 saturated carbocycles. The number of ether oxygens (including phenoxy) is 1. The molecule has 21 heavy (non-hydrogen) atoms. The summed E-state index contributed by atoms with van der Waals surface area (Å²) in [6, 6.07) is 6.37. The van der Waals surface area contributed by atoms with Gasteiger partial charge in [-0.25, -0.2) is 14.6 Å². The molecule has 0 spiro atoms. The molecule has 0 aliphatic heterocycles. The van der Waals surface area contributed by atoms with E-state index in [1.165, 1.54) is 6.07 Å². The lowest BCUT2D eigenvalue weighted by Gasteiger charge is -2.19. The minimum atomic E-state index is -1.19. The lowest BCUT2D eigenvalue weighted by atomic mass is 10.1. The molecule has 0 radical (unpaired) electrons. The van der Waals surface area contributed by atoms with E-state index in [0.717, 1.165) is 6.39 Å². The van der Waals surface area contributed by atoms with Crippen LogP contribution in [0.15, 0.2) is 35.1 Å². The topological polar surface area (TPSA) is 89.6 Å². The molecule has 1 aromatic carbocycles. The van der Waals surface area contributed by atoms with E-state index in [-0.39, 0.29) is 11.5 Å². The van der Waals surface area contributed by atoms with E-state index in [2.05, 4.69) is 4.98 Å². The largest absolute Gasteiger partial charge is 0.476 e. The molecular weight excluding hydrogens is 274 g/mol. The molecule has 0 aliphatic carbocycles. The number of rotatable bonds is 3. The van der Waals surface area contributed by atoms with E-state index in [9.17, 15) is 9.59 Å². The van der Waals surface area contributed by atoms with Crippen LogP contribution in [0, 0.1) is 0 Å². The molecule has 0 fully saturated rings. The highest BCUT2D eigenvalue weighted by atomic mass is 16.6. The third kappa shape index (κ3) is 3.47. The van der Waals surface area contributed by atoms with Crippen molar-refractivity contribution < 1.29 is 23.8 Å². The van der Waals surface area contributed by atoms with Crippen LogP contribution in [-0.4, -0.2) is 27.6 Å². The molecule has 1 aromatic heterocycles. The van der Waals surface area contributed by atoms with Crippen LogP contribution in [0.3, 0.4) is 0 Å². The molecule has 2 aromatic rings. The van der Waals surface area contributed by atoms with Gasteiger partial charge in [0, 0.05) is 5.56 Å². The van der Waals surface area contributed by atoms with Gasteiger partial charge in [0.15, 0.2) is 17.8 Å². The predicted molar refractivity (Wildman–Crippen MR) is 74.1 cm³/mol. The Labute approximate surface area is 121 Å². The quantitative estimate of drug-likeness (QED) is 0.873. The van der Waals surface area contributed by atoms with E-state index < -0.39 is 17.5 Å². The van der Waals surface area contributed by atoms with Crippen LogP contribution >= 0.6 is 0 Å². The van der Waals surface area contributed by atoms with Crippen molar-refractivity contribution >= 4 is 11.9 Å². The van der Waals surface area contributed by atoms with Crippen molar-refractivity contribution in [2.45, 2.75) is 26.4 Å². The van der Waals surface area contributed by atoms with Crippen LogP contribution in [0.25, 0.3) is 11.3 Å². The van der Waals surface area contributed by atoms with Crippen molar-refractivity contribution in [1.29, 1.82) is 0 Å². The molecule has 0 aliphatic rings. The number of carbonyl (C=O) groups is 2. The third-order valence-corrected chi connectivity index (χ3v) is 2.53. The Morgan fingerprint density at radius 3 is 2.62 bits per heavy atom. The number of carbonyl (C=O) groups excluding carboxylic acids is 1. The Balaban J connectivity index is 2.36. The molecule has 0 unspecified atom stereocenters. The summed E-state index contributed by atoms with van der Waals surface area (Å²) in [4.78, 5) is 26.7. The number of aromatic nitrogens is 1. The number of esters is 1. The van der Waals surface area contributed by atoms with E-state index in [0.29, 0.717) is 11.1 Å². The summed E-state index contributed by atoms with van der Waals surface area (Å²) in [7, 11) is 0. The average molecular weight is 289 g/mol. The number of aromatic carboxylic acids is 1. The Hall–Kier alpha value is -2.63. The summed E-state index contributed by atoms with van der Waals surface area (Å²) in [5.41, 5.74) is -0.0364. The lowest BCUT2D eigenvalue weighted by Crippen LogP contribution is -2.23. The summed E-state index contributed by atoms with van der Waals surface area (Å²) in [5, 5.41) is 9.03. The van der Waals surface area contributed by atoms with Crippen molar-refractivity contribution in [3.05, 3.63) is 41.9 Å². The number of benzene rings is 1. The first-order valence-corrected chi connectivity index (χ1v) is 6.28. The zero-order chi connectivity index (χ0) is 15.6. The normalized spacial score (nSPS) is 11.2. The highest BCUT2D eigenvalue weighted by Crippen LogP contribution is 2.25. The van der Waals surface area contributed by atoms with Gasteiger partial charge < -0.3 is 14.3 Å². The second-order valence-electron chi connectivity index (χ2n) is 5.42. The zero-order valence-corrected chi connectivity index (χ0v) is 11.9. The highest BCUT2D eigenvalue weighted by Gasteiger charge is 2.21. The summed E-state index contributed by atoms with van der Waals surface area (Å²) in [5.74, 6) is -1.57. The van der Waals surface area contributed by atoms with E-state index in [4.69, 9.17) is 14.3 Å². The van der Waals surface area contributed by atoms with Gasteiger partial charge in [0.05, 0.1) is 5.56 Å². The van der Waals surface area contributed by atoms with Crippen LogP contribution in [0.5, 0.6) is 0 Å². The van der Waals surface area contributed by atoms with Crippen molar-refractivity contribution in [1.82, 2.24) is 4.98 Å². The van der Waals surface area contributed by atoms with E-state index in [1.807, 2.05) is 0 Å². The maximum atomic E-state index is 12.0. The highest BCUT2D eigenvalue weighted by molar-refractivity contribution is 5.94. The molecule has 0 atom stereocenters. The standard InChI is InChI=1S/C15H15NO5/c1-15(2,3)21-14(19)10-6-4-5-9(7-10)12-11(13(17)18)16-8-20-12/h4-8H,1-3H3,(H,17,18). The lowest BCUT2D eigenvalue weighted by molar-refractivity contribution is 0.00694. The van der Waals surface area contributed by atoms with Gasteiger partial charge in [0.25, 0.3) is 0 Å². The molecule has 6 nitrogen and oxygen atoms in total. The van der Waals surface area contributed by atoms with Gasteiger partial charge in [-0.05, 0) is 32.9 Å². The van der Waals surface area contributed by atoms with Gasteiger partial charge in [-0.15, -0.1) is 0 Å². The third-order valence-electron chi connectivity index (χ3n) is 2.53. The Kier molecular flexibility index (Phi) is 3.80. The van der Waals surface area contributed by atoms with Gasteiger partial charge in [-0.1, -0.05) is 12.1 Å². The van der Waals surface area contributed by atoms with Crippen LogP contribution < -0.4 is 0 Å². The van der Waals surface area contributed by atoms with Gasteiger partial charge in [0.1, 0.15) is 5.60 Å². The first kappa shape index (κ1) is 14.8. The molecule has 110 valence electrons. The fraction of sp³-hybridized carbons (Fsp3) is 0.267. The zero-order valence-electron chi connectivity index (χ0n) is 11.9. The Bertz CT molecular complexity index is 681. The van der Waals surface area contributed by atoms with Gasteiger partial charge in [0.2, 0.25) is 0 Å². The predicted octanol–water partition coefficient (Wildman–Crippen LogP) is 3.00. The monoisotopic (exact) mass is 289 g/mol. The van der Waals surface area contributed by atoms with Gasteiger partial charge in [-0.2, -0.15) is 0 Å². The molecule has 0 saturated heterocycles. The number of oxazole rings is 1. The number of carboxylic acids is 1. The number of hydrogen-bond acceptors (Lipinski definition) is 5. The van der Waals surface area contributed by atoms with E-state index in [1.54, 1.807) is 39.0 Å². The van der Waals surface area contributed by atoms with Crippen LogP contribution in [0.2, 0.25) is 0 Å². The van der Waals surface area contributed by atoms with Crippen molar-refractivity contribution in [2.24, 2.45) is 0 Å². The summed E-state index contributed by atoms with van der Waals surface area (Å²) >= 11 is 0. The molecule has 0 amide bonds. The summed E-state index contributed by atoms with van der Waals surface area (Å²) in [6.45, 7) is 5.31. The molecule has 0 bridgehead atoms. The second-order valence-corrected chi connectivity index (χ2v) is 5.42. The molecule has 1 N–H and O–H groups in total. The fourth-order valence-corrected chi connectivity index (χ4v) is 1.73. The molecular formula is C15H15NO5. The number of carboxylic acid groups (broad SMARTS) is 1. The summed E-state index contributed by atoms with van der Waals surface area (Å²) < 4.78 is 10.4. The summed E-state index contributed by atoms with van der Waals surface area (Å²) in [6.07, 6.45) is 1.05. The van der Waals surface area contributed by atoms with Crippen molar-refractivity contribution in [2.75, 3.05) is 0 Å². The van der Waals surface area contributed by atoms with Gasteiger partial charge in [-0.3, -0.25) is 0 Å². The first-order valence-electron chi connectivity index (χ1n) is 6.28. The minimum absolute atomic E-state index is 0.105. The smallest absolute Gasteiger partial charge is 0.358 e. The van der Waals surface area contributed by atoms with Crippen LogP contribution in [0.1, 0.15) is 41.6 Å². The maximum absolute atomic E-state index is 12.0.